The summed E-state index contributed by atoms with van der Waals surface area (Å²) in [6.45, 7) is 0.257. The lowest BCUT2D eigenvalue weighted by Gasteiger charge is -2.28. The number of halogens is 3. The number of nitrogen functional groups attached to an aromatic ring is 1. The lowest BCUT2D eigenvalue weighted by atomic mass is 10.1. The van der Waals surface area contributed by atoms with E-state index >= 15 is 0 Å². The van der Waals surface area contributed by atoms with E-state index in [1.165, 1.54) is 16.4 Å². The number of hydrogen-bond acceptors (Lipinski definition) is 5. The van der Waals surface area contributed by atoms with Crippen LogP contribution >= 0.6 is 0 Å². The van der Waals surface area contributed by atoms with E-state index in [9.17, 15) is 31.5 Å². The maximum atomic E-state index is 13.3. The second kappa shape index (κ2) is 8.01. The highest BCUT2D eigenvalue weighted by molar-refractivity contribution is 7.89. The molecule has 0 radical (unpaired) electrons. The Labute approximate surface area is 165 Å². The van der Waals surface area contributed by atoms with Gasteiger partial charge in [-0.2, -0.15) is 4.31 Å². The van der Waals surface area contributed by atoms with Crippen LogP contribution in [0.3, 0.4) is 0 Å². The van der Waals surface area contributed by atoms with Gasteiger partial charge in [0.2, 0.25) is 10.0 Å². The molecule has 3 rings (SSSR count). The van der Waals surface area contributed by atoms with E-state index in [1.54, 1.807) is 0 Å². The summed E-state index contributed by atoms with van der Waals surface area (Å²) >= 11 is 0. The quantitative estimate of drug-likeness (QED) is 0.509. The Morgan fingerprint density at radius 1 is 1.10 bits per heavy atom. The number of carbonyl (C=O) groups excluding carboxylic acids is 1. The summed E-state index contributed by atoms with van der Waals surface area (Å²) in [5.74, 6) is -5.57. The molecule has 1 heterocycles. The molecule has 4 N–H and O–H groups in total. The number of hydrogen-bond donors (Lipinski definition) is 3. The van der Waals surface area contributed by atoms with Crippen LogP contribution in [0.15, 0.2) is 35.2 Å². The number of piperidine rings is 1. The van der Waals surface area contributed by atoms with Crippen LogP contribution in [-0.4, -0.2) is 42.9 Å². The Bertz CT molecular complexity index is 1030. The smallest absolute Gasteiger partial charge is 0.257 e. The number of benzene rings is 2. The number of sulfonamides is 1. The number of carbonyl (C=O) groups is 1. The zero-order chi connectivity index (χ0) is 21.3. The Morgan fingerprint density at radius 3 is 2.28 bits per heavy atom. The number of nitrogens with one attached hydrogen (secondary N) is 1. The number of amides is 1. The molecule has 1 aliphatic rings. The fraction of sp³-hybridized carbons (Fsp3) is 0.278. The van der Waals surface area contributed by atoms with Gasteiger partial charge in [-0.05, 0) is 31.0 Å². The van der Waals surface area contributed by atoms with Gasteiger partial charge in [0.05, 0.1) is 16.6 Å². The molecule has 0 saturated carbocycles. The summed E-state index contributed by atoms with van der Waals surface area (Å²) in [7, 11) is -3.93. The SMILES string of the molecule is Nc1ccc(S(=O)(=O)N2CCC(O)CC2)cc1C(=O)Nc1cc(F)c(F)c(F)c1. The molecule has 156 valence electrons. The van der Waals surface area contributed by atoms with Crippen molar-refractivity contribution in [3.63, 3.8) is 0 Å². The first-order valence-electron chi connectivity index (χ1n) is 8.63. The second-order valence-electron chi connectivity index (χ2n) is 6.59. The molecule has 1 amide bonds. The van der Waals surface area contributed by atoms with Crippen molar-refractivity contribution in [2.75, 3.05) is 24.1 Å². The lowest BCUT2D eigenvalue weighted by Crippen LogP contribution is -2.40. The number of nitrogens with zero attached hydrogens (tertiary/aromatic N) is 1. The summed E-state index contributed by atoms with van der Waals surface area (Å²) in [6.07, 6.45) is 0.0256. The van der Waals surface area contributed by atoms with E-state index in [-0.39, 0.29) is 34.9 Å². The van der Waals surface area contributed by atoms with Gasteiger partial charge in [0.25, 0.3) is 5.91 Å². The molecule has 0 spiro atoms. The van der Waals surface area contributed by atoms with Gasteiger partial charge in [0.1, 0.15) is 0 Å². The van der Waals surface area contributed by atoms with E-state index in [0.717, 1.165) is 6.07 Å². The number of rotatable bonds is 4. The zero-order valence-electron chi connectivity index (χ0n) is 15.0. The minimum Gasteiger partial charge on any atom is -0.398 e. The van der Waals surface area contributed by atoms with Crippen molar-refractivity contribution >= 4 is 27.3 Å². The van der Waals surface area contributed by atoms with Crippen molar-refractivity contribution < 1.29 is 31.5 Å². The van der Waals surface area contributed by atoms with Crippen LogP contribution in [0.2, 0.25) is 0 Å². The molecule has 1 aliphatic heterocycles. The van der Waals surface area contributed by atoms with E-state index in [4.69, 9.17) is 5.73 Å². The molecule has 1 fully saturated rings. The Balaban J connectivity index is 1.88. The van der Waals surface area contributed by atoms with Gasteiger partial charge in [-0.1, -0.05) is 0 Å². The maximum Gasteiger partial charge on any atom is 0.257 e. The van der Waals surface area contributed by atoms with Crippen LogP contribution in [0.4, 0.5) is 24.5 Å². The highest BCUT2D eigenvalue weighted by Gasteiger charge is 2.29. The summed E-state index contributed by atoms with van der Waals surface area (Å²) in [5.41, 5.74) is 5.11. The molecule has 0 unspecified atom stereocenters. The molecule has 2 aromatic carbocycles. The number of aliphatic hydroxyl groups excluding tert-OH is 1. The molecule has 0 atom stereocenters. The zero-order valence-corrected chi connectivity index (χ0v) is 15.8. The minimum atomic E-state index is -3.93. The predicted molar refractivity (Wildman–Crippen MR) is 99.1 cm³/mol. The third-order valence-corrected chi connectivity index (χ3v) is 6.47. The molecule has 2 aromatic rings. The third-order valence-electron chi connectivity index (χ3n) is 4.57. The highest BCUT2D eigenvalue weighted by atomic mass is 32.2. The number of aliphatic hydroxyl groups is 1. The van der Waals surface area contributed by atoms with E-state index in [2.05, 4.69) is 5.32 Å². The molecule has 1 saturated heterocycles. The standard InChI is InChI=1S/C18H18F3N3O4S/c19-14-7-10(8-15(20)17(14)21)23-18(26)13-9-12(1-2-16(13)22)29(27,28)24-5-3-11(25)4-6-24/h1-2,7-9,11,25H,3-6,22H2,(H,23,26). The second-order valence-corrected chi connectivity index (χ2v) is 8.53. The predicted octanol–water partition coefficient (Wildman–Crippen LogP) is 2.08. The Kier molecular flexibility index (Phi) is 5.82. The molecule has 0 bridgehead atoms. The molecular weight excluding hydrogens is 411 g/mol. The van der Waals surface area contributed by atoms with Crippen LogP contribution < -0.4 is 11.1 Å². The molecule has 0 aliphatic carbocycles. The van der Waals surface area contributed by atoms with Gasteiger partial charge in [0.15, 0.2) is 17.5 Å². The third kappa shape index (κ3) is 4.36. The summed E-state index contributed by atoms with van der Waals surface area (Å²) in [6, 6.07) is 4.70. The maximum absolute atomic E-state index is 13.3. The van der Waals surface area contributed by atoms with Crippen LogP contribution in [0, 0.1) is 17.5 Å². The fourth-order valence-corrected chi connectivity index (χ4v) is 4.45. The van der Waals surface area contributed by atoms with Gasteiger partial charge >= 0.3 is 0 Å². The molecule has 0 aromatic heterocycles. The van der Waals surface area contributed by atoms with Crippen LogP contribution in [0.5, 0.6) is 0 Å². The largest absolute Gasteiger partial charge is 0.398 e. The minimum absolute atomic E-state index is 0.0569. The number of nitrogens with two attached hydrogens (primary N) is 1. The average molecular weight is 429 g/mol. The molecule has 29 heavy (non-hydrogen) atoms. The van der Waals surface area contributed by atoms with Crippen molar-refractivity contribution in [2.45, 2.75) is 23.8 Å². The van der Waals surface area contributed by atoms with Crippen LogP contribution in [0.1, 0.15) is 23.2 Å². The molecule has 7 nitrogen and oxygen atoms in total. The van der Waals surface area contributed by atoms with Crippen molar-refractivity contribution in [1.82, 2.24) is 4.31 Å². The van der Waals surface area contributed by atoms with Crippen molar-refractivity contribution in [3.8, 4) is 0 Å². The van der Waals surface area contributed by atoms with Crippen molar-refractivity contribution in [3.05, 3.63) is 53.3 Å². The topological polar surface area (TPSA) is 113 Å². The first-order valence-corrected chi connectivity index (χ1v) is 10.1. The van der Waals surface area contributed by atoms with E-state index < -0.39 is 39.5 Å². The number of anilines is 2. The van der Waals surface area contributed by atoms with E-state index in [1.807, 2.05) is 0 Å². The first-order chi connectivity index (χ1) is 13.6. The summed E-state index contributed by atoms with van der Waals surface area (Å²) in [4.78, 5) is 12.3. The fourth-order valence-electron chi connectivity index (χ4n) is 2.95. The Hall–Kier alpha value is -2.63. The first kappa shape index (κ1) is 21.1. The lowest BCUT2D eigenvalue weighted by molar-refractivity contribution is 0.102. The van der Waals surface area contributed by atoms with Gasteiger partial charge in [-0.25, -0.2) is 21.6 Å². The van der Waals surface area contributed by atoms with Crippen LogP contribution in [-0.2, 0) is 10.0 Å². The Morgan fingerprint density at radius 2 is 1.69 bits per heavy atom. The normalized spacial score (nSPS) is 16.0. The molecular formula is C18H18F3N3O4S. The van der Waals surface area contributed by atoms with Crippen molar-refractivity contribution in [1.29, 1.82) is 0 Å². The molecule has 11 heteroatoms. The van der Waals surface area contributed by atoms with Gasteiger partial charge in [-0.15, -0.1) is 0 Å². The van der Waals surface area contributed by atoms with Crippen LogP contribution in [0.25, 0.3) is 0 Å². The van der Waals surface area contributed by atoms with Crippen molar-refractivity contribution in [2.24, 2.45) is 0 Å². The van der Waals surface area contributed by atoms with E-state index in [0.29, 0.717) is 25.0 Å². The van der Waals surface area contributed by atoms with Gasteiger partial charge in [0, 0.05) is 36.6 Å². The van der Waals surface area contributed by atoms with Gasteiger partial charge < -0.3 is 16.2 Å². The van der Waals surface area contributed by atoms with Gasteiger partial charge in [-0.3, -0.25) is 4.79 Å². The average Bonchev–Trinajstić information content (AvgIpc) is 2.66. The summed E-state index contributed by atoms with van der Waals surface area (Å²) < 4.78 is 66.5. The summed E-state index contributed by atoms with van der Waals surface area (Å²) in [5, 5.41) is 11.7. The monoisotopic (exact) mass is 429 g/mol. The highest BCUT2D eigenvalue weighted by Crippen LogP contribution is 2.25.